The van der Waals surface area contributed by atoms with Crippen molar-refractivity contribution in [1.29, 1.82) is 0 Å². The lowest BCUT2D eigenvalue weighted by Crippen LogP contribution is -2.25. The van der Waals surface area contributed by atoms with E-state index < -0.39 is 0 Å². The van der Waals surface area contributed by atoms with Gasteiger partial charge in [0.25, 0.3) is 0 Å². The van der Waals surface area contributed by atoms with Crippen LogP contribution in [0.3, 0.4) is 0 Å². The van der Waals surface area contributed by atoms with E-state index in [4.69, 9.17) is 9.72 Å². The standard InChI is InChI=1S/C20H22FN5O2/c1-3-4-8-25-16-11-14(21)5-6-17(16)28-13(2)10-19(27)23-15-12-22-26-9-7-18(25)24-20(15)26/h5-7,9,11-13H,3-4,8,10H2,1-2H3,(H,23,27)/t13-/m0/s1. The number of halogens is 1. The van der Waals surface area contributed by atoms with E-state index >= 15 is 0 Å². The van der Waals surface area contributed by atoms with Crippen LogP contribution in [0.1, 0.15) is 33.1 Å². The van der Waals surface area contributed by atoms with Crippen molar-refractivity contribution < 1.29 is 13.9 Å². The van der Waals surface area contributed by atoms with Crippen LogP contribution < -0.4 is 15.0 Å². The molecule has 1 aliphatic rings. The molecule has 4 rings (SSSR count). The Morgan fingerprint density at radius 2 is 2.21 bits per heavy atom. The third-order valence-corrected chi connectivity index (χ3v) is 4.65. The fourth-order valence-electron chi connectivity index (χ4n) is 3.29. The molecular weight excluding hydrogens is 361 g/mol. The molecule has 1 N–H and O–H groups in total. The van der Waals surface area contributed by atoms with Crippen LogP contribution in [0, 0.1) is 5.82 Å². The van der Waals surface area contributed by atoms with Gasteiger partial charge in [-0.3, -0.25) is 4.79 Å². The summed E-state index contributed by atoms with van der Waals surface area (Å²) in [5.74, 6) is 0.614. The van der Waals surface area contributed by atoms with Gasteiger partial charge in [0.2, 0.25) is 5.91 Å². The van der Waals surface area contributed by atoms with Crippen LogP contribution in [-0.2, 0) is 4.79 Å². The second-order valence-corrected chi connectivity index (χ2v) is 6.91. The highest BCUT2D eigenvalue weighted by molar-refractivity contribution is 5.94. The summed E-state index contributed by atoms with van der Waals surface area (Å²) in [6.07, 6.45) is 5.01. The first-order valence-corrected chi connectivity index (χ1v) is 9.43. The Morgan fingerprint density at radius 3 is 3.04 bits per heavy atom. The average Bonchev–Trinajstić information content (AvgIpc) is 3.05. The molecule has 1 atom stereocenters. The third kappa shape index (κ3) is 3.49. The van der Waals surface area contributed by atoms with Crippen molar-refractivity contribution in [2.45, 2.75) is 39.2 Å². The second-order valence-electron chi connectivity index (χ2n) is 6.91. The summed E-state index contributed by atoms with van der Waals surface area (Å²) in [7, 11) is 0. The Balaban J connectivity index is 1.92. The highest BCUT2D eigenvalue weighted by Gasteiger charge is 2.22. The van der Waals surface area contributed by atoms with Crippen LogP contribution >= 0.6 is 0 Å². The number of unbranched alkanes of at least 4 members (excludes halogenated alkanes) is 1. The molecule has 3 heterocycles. The first-order valence-electron chi connectivity index (χ1n) is 9.43. The summed E-state index contributed by atoms with van der Waals surface area (Å²) < 4.78 is 21.7. The van der Waals surface area contributed by atoms with Gasteiger partial charge < -0.3 is 15.0 Å². The van der Waals surface area contributed by atoms with E-state index in [1.165, 1.54) is 12.1 Å². The largest absolute Gasteiger partial charge is 0.488 e. The zero-order valence-corrected chi connectivity index (χ0v) is 15.9. The number of nitrogens with zero attached hydrogens (tertiary/aromatic N) is 4. The van der Waals surface area contributed by atoms with Gasteiger partial charge in [-0.05, 0) is 31.5 Å². The molecule has 1 amide bonds. The topological polar surface area (TPSA) is 71.8 Å². The van der Waals surface area contributed by atoms with Gasteiger partial charge in [0, 0.05) is 18.8 Å². The van der Waals surface area contributed by atoms with Gasteiger partial charge in [-0.25, -0.2) is 13.9 Å². The molecule has 0 radical (unpaired) electrons. The number of hydrogen-bond acceptors (Lipinski definition) is 5. The first kappa shape index (κ1) is 18.2. The molecule has 146 valence electrons. The van der Waals surface area contributed by atoms with Gasteiger partial charge >= 0.3 is 0 Å². The van der Waals surface area contributed by atoms with Gasteiger partial charge in [0.05, 0.1) is 18.3 Å². The molecule has 8 heteroatoms. The number of anilines is 3. The van der Waals surface area contributed by atoms with Gasteiger partial charge in [-0.2, -0.15) is 5.10 Å². The molecule has 0 saturated carbocycles. The van der Waals surface area contributed by atoms with Crippen molar-refractivity contribution in [3.8, 4) is 5.75 Å². The number of amides is 1. The van der Waals surface area contributed by atoms with Gasteiger partial charge in [-0.1, -0.05) is 13.3 Å². The molecule has 2 aromatic heterocycles. The van der Waals surface area contributed by atoms with Gasteiger partial charge in [0.1, 0.15) is 29.2 Å². The Kier molecular flexibility index (Phi) is 4.85. The predicted molar refractivity (Wildman–Crippen MR) is 105 cm³/mol. The van der Waals surface area contributed by atoms with Crippen molar-refractivity contribution >= 4 is 28.7 Å². The second kappa shape index (κ2) is 7.46. The minimum atomic E-state index is -0.381. The number of carbonyl (C=O) groups excluding carboxylic acids is 1. The van der Waals surface area contributed by atoms with Crippen molar-refractivity contribution in [2.75, 3.05) is 16.8 Å². The van der Waals surface area contributed by atoms with E-state index in [-0.39, 0.29) is 24.2 Å². The summed E-state index contributed by atoms with van der Waals surface area (Å²) in [5.41, 5.74) is 1.67. The van der Waals surface area contributed by atoms with E-state index in [2.05, 4.69) is 17.3 Å². The highest BCUT2D eigenvalue weighted by Crippen LogP contribution is 2.36. The fraction of sp³-hybridized carbons (Fsp3) is 0.350. The van der Waals surface area contributed by atoms with Crippen molar-refractivity contribution in [2.24, 2.45) is 0 Å². The molecule has 0 unspecified atom stereocenters. The lowest BCUT2D eigenvalue weighted by molar-refractivity contribution is -0.117. The fourth-order valence-corrected chi connectivity index (χ4v) is 3.29. The molecule has 0 spiro atoms. The monoisotopic (exact) mass is 383 g/mol. The number of aromatic nitrogens is 3. The van der Waals surface area contributed by atoms with Crippen molar-refractivity contribution in [3.63, 3.8) is 0 Å². The summed E-state index contributed by atoms with van der Waals surface area (Å²) in [6, 6.07) is 6.24. The number of fused-ring (bicyclic) bond motifs is 2. The maximum Gasteiger partial charge on any atom is 0.228 e. The lowest BCUT2D eigenvalue weighted by atomic mass is 10.2. The van der Waals surface area contributed by atoms with Crippen molar-refractivity contribution in [3.05, 3.63) is 42.5 Å². The quantitative estimate of drug-likeness (QED) is 0.742. The molecule has 28 heavy (non-hydrogen) atoms. The molecule has 0 aliphatic carbocycles. The van der Waals surface area contributed by atoms with Crippen LogP contribution in [0.4, 0.5) is 21.6 Å². The van der Waals surface area contributed by atoms with Crippen LogP contribution in [0.15, 0.2) is 36.7 Å². The van der Waals surface area contributed by atoms with Crippen LogP contribution in [0.25, 0.3) is 5.65 Å². The molecule has 0 saturated heterocycles. The van der Waals surface area contributed by atoms with E-state index in [1.807, 2.05) is 17.9 Å². The van der Waals surface area contributed by atoms with Crippen molar-refractivity contribution in [1.82, 2.24) is 14.6 Å². The van der Waals surface area contributed by atoms with E-state index in [0.29, 0.717) is 35.1 Å². The molecule has 1 aliphatic heterocycles. The smallest absolute Gasteiger partial charge is 0.228 e. The number of ether oxygens (including phenoxy) is 1. The van der Waals surface area contributed by atoms with E-state index in [1.54, 1.807) is 23.0 Å². The Morgan fingerprint density at radius 1 is 1.36 bits per heavy atom. The SMILES string of the molecule is CCCCN1c2ccn3ncc(c3n2)NC(=O)C[C@H](C)Oc2ccc(F)cc21. The number of benzene rings is 1. The maximum absolute atomic E-state index is 14.1. The summed E-state index contributed by atoms with van der Waals surface area (Å²) in [4.78, 5) is 19.0. The minimum Gasteiger partial charge on any atom is -0.488 e. The van der Waals surface area contributed by atoms with Crippen LogP contribution in [0.5, 0.6) is 5.75 Å². The van der Waals surface area contributed by atoms with E-state index in [9.17, 15) is 9.18 Å². The molecule has 2 bridgehead atoms. The number of hydrogen-bond donors (Lipinski definition) is 1. The van der Waals surface area contributed by atoms with Crippen LogP contribution in [-0.4, -0.2) is 33.2 Å². The minimum absolute atomic E-state index is 0.156. The van der Waals surface area contributed by atoms with Gasteiger partial charge in [-0.15, -0.1) is 0 Å². The zero-order valence-electron chi connectivity index (χ0n) is 15.9. The molecular formula is C20H22FN5O2. The molecule has 7 nitrogen and oxygen atoms in total. The van der Waals surface area contributed by atoms with Gasteiger partial charge in [0.15, 0.2) is 5.65 Å². The zero-order chi connectivity index (χ0) is 19.7. The highest BCUT2D eigenvalue weighted by atomic mass is 19.1. The van der Waals surface area contributed by atoms with E-state index in [0.717, 1.165) is 12.8 Å². The molecule has 3 aromatic rings. The summed E-state index contributed by atoms with van der Waals surface area (Å²) in [5, 5.41) is 7.10. The third-order valence-electron chi connectivity index (χ3n) is 4.65. The number of carbonyl (C=O) groups is 1. The predicted octanol–water partition coefficient (Wildman–Crippen LogP) is 3.92. The Bertz CT molecular complexity index is 1020. The number of nitrogens with one attached hydrogen (secondary N) is 1. The summed E-state index contributed by atoms with van der Waals surface area (Å²) in [6.45, 7) is 4.58. The van der Waals surface area contributed by atoms with Crippen LogP contribution in [0.2, 0.25) is 0 Å². The Labute approximate surface area is 162 Å². The molecule has 0 fully saturated rings. The normalized spacial score (nSPS) is 16.9. The first-order chi connectivity index (χ1) is 13.5. The average molecular weight is 383 g/mol. The molecule has 1 aromatic carbocycles. The maximum atomic E-state index is 14.1. The summed E-state index contributed by atoms with van der Waals surface area (Å²) >= 11 is 0. The Hall–Kier alpha value is -3.16. The lowest BCUT2D eigenvalue weighted by Gasteiger charge is -2.27. The number of rotatable bonds is 3.